The monoisotopic (exact) mass is 176 g/mol. The number of hydrogen-bond donors (Lipinski definition) is 0. The predicted molar refractivity (Wildman–Crippen MR) is 56.1 cm³/mol. The Morgan fingerprint density at radius 2 is 1.92 bits per heavy atom. The molecule has 0 aromatic heterocycles. The van der Waals surface area contributed by atoms with E-state index in [1.54, 1.807) is 6.07 Å². The number of rotatable bonds is 3. The lowest BCUT2D eigenvalue weighted by molar-refractivity contribution is 0.791. The Balaban J connectivity index is 3.01. The summed E-state index contributed by atoms with van der Waals surface area (Å²) in [7, 11) is 0. The minimum absolute atomic E-state index is 0.149. The molecule has 1 aromatic carbocycles. The molecule has 0 N–H and O–H groups in total. The Kier molecular flexibility index (Phi) is 3.69. The normalized spacial score (nSPS) is 10.0. The number of unbranched alkanes of at least 4 members (excludes halogenated alkanes) is 1. The molecule has 0 saturated heterocycles. The van der Waals surface area contributed by atoms with Crippen LogP contribution in [0, 0.1) is 6.92 Å². The molecule has 1 heteroatoms. The van der Waals surface area contributed by atoms with Gasteiger partial charge >= 0.3 is 0 Å². The quantitative estimate of drug-likeness (QED) is 0.692. The largest absolute Gasteiger partial charge is 0.290 e. The van der Waals surface area contributed by atoms with Crippen LogP contribution in [0.25, 0.3) is 0 Å². The first-order valence-corrected chi connectivity index (χ1v) is 4.84. The second kappa shape index (κ2) is 4.80. The third-order valence-electron chi connectivity index (χ3n) is 2.31. The lowest BCUT2D eigenvalue weighted by Gasteiger charge is -1.98. The second-order valence-corrected chi connectivity index (χ2v) is 3.34. The summed E-state index contributed by atoms with van der Waals surface area (Å²) in [5, 5.41) is 0. The van der Waals surface area contributed by atoms with E-state index in [0.717, 1.165) is 18.4 Å². The summed E-state index contributed by atoms with van der Waals surface area (Å²) in [5.74, 6) is 0. The van der Waals surface area contributed by atoms with Crippen LogP contribution in [0.5, 0.6) is 0 Å². The van der Waals surface area contributed by atoms with Crippen molar-refractivity contribution in [3.05, 3.63) is 45.6 Å². The summed E-state index contributed by atoms with van der Waals surface area (Å²) < 4.78 is 0. The minimum Gasteiger partial charge on any atom is -0.290 e. The summed E-state index contributed by atoms with van der Waals surface area (Å²) in [6.45, 7) is 4.07. The first-order valence-electron chi connectivity index (χ1n) is 4.84. The van der Waals surface area contributed by atoms with E-state index < -0.39 is 0 Å². The van der Waals surface area contributed by atoms with Gasteiger partial charge in [-0.15, -0.1) is 0 Å². The lowest BCUT2D eigenvalue weighted by Crippen LogP contribution is -2.02. The van der Waals surface area contributed by atoms with Gasteiger partial charge in [0.15, 0.2) is 5.43 Å². The summed E-state index contributed by atoms with van der Waals surface area (Å²) in [5.41, 5.74) is 2.24. The zero-order valence-corrected chi connectivity index (χ0v) is 8.34. The standard InChI is InChI=1S/C12H16O/c1-3-4-7-11-8-5-6-9-12(13)10(11)2/h5-6,8-9H,3-4,7H2,1-2H3. The molecule has 70 valence electrons. The van der Waals surface area contributed by atoms with Crippen LogP contribution < -0.4 is 5.43 Å². The van der Waals surface area contributed by atoms with Crippen molar-refractivity contribution < 1.29 is 0 Å². The highest BCUT2D eigenvalue weighted by Gasteiger charge is 1.98. The Morgan fingerprint density at radius 3 is 2.62 bits per heavy atom. The summed E-state index contributed by atoms with van der Waals surface area (Å²) in [4.78, 5) is 11.4. The van der Waals surface area contributed by atoms with Crippen LogP contribution >= 0.6 is 0 Å². The molecule has 0 bridgehead atoms. The molecule has 1 aromatic rings. The molecule has 1 nitrogen and oxygen atoms in total. The van der Waals surface area contributed by atoms with Gasteiger partial charge in [-0.2, -0.15) is 0 Å². The highest BCUT2D eigenvalue weighted by Crippen LogP contribution is 2.06. The zero-order chi connectivity index (χ0) is 9.68. The van der Waals surface area contributed by atoms with Gasteiger partial charge in [-0.3, -0.25) is 4.79 Å². The van der Waals surface area contributed by atoms with Gasteiger partial charge in [0.05, 0.1) is 0 Å². The summed E-state index contributed by atoms with van der Waals surface area (Å²) >= 11 is 0. The van der Waals surface area contributed by atoms with Crippen LogP contribution in [-0.2, 0) is 6.42 Å². The fourth-order valence-electron chi connectivity index (χ4n) is 1.36. The maximum atomic E-state index is 11.4. The molecular weight excluding hydrogens is 160 g/mol. The maximum absolute atomic E-state index is 11.4. The SMILES string of the molecule is CCCCc1ccccc(=O)c1C. The zero-order valence-electron chi connectivity index (χ0n) is 8.34. The topological polar surface area (TPSA) is 17.1 Å². The van der Waals surface area contributed by atoms with Crippen LogP contribution in [0.4, 0.5) is 0 Å². The van der Waals surface area contributed by atoms with Crippen molar-refractivity contribution in [1.82, 2.24) is 0 Å². The van der Waals surface area contributed by atoms with E-state index in [4.69, 9.17) is 0 Å². The highest BCUT2D eigenvalue weighted by molar-refractivity contribution is 5.24. The molecule has 0 aliphatic rings. The number of aryl methyl sites for hydroxylation is 1. The molecular formula is C12H16O. The van der Waals surface area contributed by atoms with E-state index in [9.17, 15) is 4.79 Å². The molecule has 0 aliphatic carbocycles. The van der Waals surface area contributed by atoms with E-state index in [-0.39, 0.29) is 5.43 Å². The third-order valence-corrected chi connectivity index (χ3v) is 2.31. The van der Waals surface area contributed by atoms with Gasteiger partial charge in [0, 0.05) is 0 Å². The smallest absolute Gasteiger partial charge is 0.181 e. The second-order valence-electron chi connectivity index (χ2n) is 3.34. The molecule has 0 amide bonds. The molecule has 0 spiro atoms. The lowest BCUT2D eigenvalue weighted by atomic mass is 10.1. The molecule has 0 saturated carbocycles. The highest BCUT2D eigenvalue weighted by atomic mass is 16.1. The van der Waals surface area contributed by atoms with E-state index in [1.165, 1.54) is 12.0 Å². The number of hydrogen-bond acceptors (Lipinski definition) is 1. The van der Waals surface area contributed by atoms with Crippen LogP contribution in [0.15, 0.2) is 29.1 Å². The Bertz CT molecular complexity index is 328. The van der Waals surface area contributed by atoms with E-state index in [2.05, 4.69) is 6.92 Å². The Morgan fingerprint density at radius 1 is 1.23 bits per heavy atom. The third kappa shape index (κ3) is 2.69. The van der Waals surface area contributed by atoms with E-state index in [0.29, 0.717) is 0 Å². The van der Waals surface area contributed by atoms with E-state index in [1.807, 2.05) is 25.1 Å². The van der Waals surface area contributed by atoms with Crippen LogP contribution in [-0.4, -0.2) is 0 Å². The van der Waals surface area contributed by atoms with Crippen LogP contribution in [0.1, 0.15) is 30.9 Å². The fourth-order valence-corrected chi connectivity index (χ4v) is 1.36. The van der Waals surface area contributed by atoms with Crippen molar-refractivity contribution >= 4 is 0 Å². The molecule has 0 atom stereocenters. The van der Waals surface area contributed by atoms with Crippen molar-refractivity contribution in [1.29, 1.82) is 0 Å². The van der Waals surface area contributed by atoms with Gasteiger partial charge in [-0.05, 0) is 37.0 Å². The van der Waals surface area contributed by atoms with Crippen molar-refractivity contribution in [2.45, 2.75) is 33.1 Å². The maximum Gasteiger partial charge on any atom is 0.181 e. The summed E-state index contributed by atoms with van der Waals surface area (Å²) in [6.07, 6.45) is 3.35. The minimum atomic E-state index is 0.149. The molecule has 0 aliphatic heterocycles. The van der Waals surface area contributed by atoms with Gasteiger partial charge in [0.1, 0.15) is 0 Å². The van der Waals surface area contributed by atoms with Crippen molar-refractivity contribution in [3.63, 3.8) is 0 Å². The van der Waals surface area contributed by atoms with Gasteiger partial charge in [0.2, 0.25) is 0 Å². The van der Waals surface area contributed by atoms with Gasteiger partial charge < -0.3 is 0 Å². The molecule has 0 unspecified atom stereocenters. The fraction of sp³-hybridized carbons (Fsp3) is 0.417. The first-order chi connectivity index (χ1) is 6.25. The van der Waals surface area contributed by atoms with Crippen LogP contribution in [0.3, 0.4) is 0 Å². The Labute approximate surface area is 79.4 Å². The molecule has 0 radical (unpaired) electrons. The Hall–Kier alpha value is -1.11. The van der Waals surface area contributed by atoms with Crippen LogP contribution in [0.2, 0.25) is 0 Å². The van der Waals surface area contributed by atoms with E-state index >= 15 is 0 Å². The average Bonchev–Trinajstić information content (AvgIpc) is 2.28. The average molecular weight is 176 g/mol. The predicted octanol–water partition coefficient (Wildman–Crippen LogP) is 2.70. The summed E-state index contributed by atoms with van der Waals surface area (Å²) in [6, 6.07) is 7.43. The van der Waals surface area contributed by atoms with Gasteiger partial charge in [-0.25, -0.2) is 0 Å². The van der Waals surface area contributed by atoms with Gasteiger partial charge in [0.25, 0.3) is 0 Å². The van der Waals surface area contributed by atoms with Gasteiger partial charge in [-0.1, -0.05) is 31.5 Å². The first kappa shape index (κ1) is 9.97. The molecule has 13 heavy (non-hydrogen) atoms. The van der Waals surface area contributed by atoms with Crippen molar-refractivity contribution in [3.8, 4) is 0 Å². The van der Waals surface area contributed by atoms with Crippen molar-refractivity contribution in [2.24, 2.45) is 0 Å². The molecule has 0 heterocycles. The van der Waals surface area contributed by atoms with Crippen molar-refractivity contribution in [2.75, 3.05) is 0 Å². The molecule has 1 rings (SSSR count). The molecule has 0 fully saturated rings.